The maximum absolute atomic E-state index is 10.1. The minimum atomic E-state index is -0.721. The van der Waals surface area contributed by atoms with Crippen LogP contribution in [0.3, 0.4) is 0 Å². The summed E-state index contributed by atoms with van der Waals surface area (Å²) in [6, 6.07) is 7.56. The number of rotatable bonds is 3. The predicted molar refractivity (Wildman–Crippen MR) is 96.4 cm³/mol. The monoisotopic (exact) mass is 349 g/mol. The molecule has 3 aromatic rings. The summed E-state index contributed by atoms with van der Waals surface area (Å²) >= 11 is 0. The smallest absolute Gasteiger partial charge is 0.228 e. The van der Waals surface area contributed by atoms with E-state index in [1.807, 2.05) is 39.0 Å². The van der Waals surface area contributed by atoms with E-state index in [-0.39, 0.29) is 6.61 Å². The lowest BCUT2D eigenvalue weighted by molar-refractivity contribution is 0.139. The number of aliphatic hydroxyl groups excluding tert-OH is 1. The lowest BCUT2D eigenvalue weighted by Crippen LogP contribution is -2.00. The number of benzene rings is 1. The minimum Gasteiger partial charge on any atom is -0.490 e. The number of pyridine rings is 1. The Morgan fingerprint density at radius 3 is 2.58 bits per heavy atom. The molecule has 132 valence electrons. The number of aliphatic hydroxyl groups is 1. The number of aryl methyl sites for hydroxylation is 3. The fourth-order valence-electron chi connectivity index (χ4n) is 3.28. The molecule has 1 atom stereocenters. The molecule has 1 aliphatic heterocycles. The Hall–Kier alpha value is -2.99. The number of ether oxygens (including phenoxy) is 2. The first-order chi connectivity index (χ1) is 12.5. The van der Waals surface area contributed by atoms with Gasteiger partial charge in [0.25, 0.3) is 0 Å². The second-order valence-electron chi connectivity index (χ2n) is 6.35. The molecule has 0 amide bonds. The van der Waals surface area contributed by atoms with E-state index in [0.717, 1.165) is 28.1 Å². The van der Waals surface area contributed by atoms with E-state index in [0.29, 0.717) is 22.9 Å². The van der Waals surface area contributed by atoms with Gasteiger partial charge >= 0.3 is 0 Å². The highest BCUT2D eigenvalue weighted by Crippen LogP contribution is 2.40. The highest BCUT2D eigenvalue weighted by Gasteiger charge is 2.27. The minimum absolute atomic E-state index is 0.224. The maximum Gasteiger partial charge on any atom is 0.228 e. The molecule has 2 aromatic heterocycles. The molecule has 3 heterocycles. The normalized spacial score (nSPS) is 15.5. The van der Waals surface area contributed by atoms with Crippen molar-refractivity contribution in [2.75, 3.05) is 6.61 Å². The summed E-state index contributed by atoms with van der Waals surface area (Å²) in [7, 11) is 0. The SMILES string of the molecule is Cc1cc(Oc2nccc3c2C(O)CO3)ccc1-c1c(C)ncnc1C. The van der Waals surface area contributed by atoms with Gasteiger partial charge < -0.3 is 14.6 Å². The fourth-order valence-corrected chi connectivity index (χ4v) is 3.28. The van der Waals surface area contributed by atoms with Gasteiger partial charge in [-0.25, -0.2) is 15.0 Å². The Labute approximate surface area is 151 Å². The molecule has 4 rings (SSSR count). The van der Waals surface area contributed by atoms with E-state index in [9.17, 15) is 5.11 Å². The first-order valence-electron chi connectivity index (χ1n) is 8.41. The number of hydrogen-bond donors (Lipinski definition) is 1. The molecular weight excluding hydrogens is 330 g/mol. The first kappa shape index (κ1) is 16.5. The molecular formula is C20H19N3O3. The molecule has 0 bridgehead atoms. The van der Waals surface area contributed by atoms with Crippen molar-refractivity contribution in [2.24, 2.45) is 0 Å². The van der Waals surface area contributed by atoms with Crippen LogP contribution in [-0.2, 0) is 0 Å². The third kappa shape index (κ3) is 2.78. The van der Waals surface area contributed by atoms with Crippen molar-refractivity contribution in [1.29, 1.82) is 0 Å². The second kappa shape index (κ2) is 6.38. The number of hydrogen-bond acceptors (Lipinski definition) is 6. The van der Waals surface area contributed by atoms with Crippen molar-refractivity contribution in [3.8, 4) is 28.5 Å². The molecule has 6 heteroatoms. The van der Waals surface area contributed by atoms with Crippen LogP contribution in [0.25, 0.3) is 11.1 Å². The summed E-state index contributed by atoms with van der Waals surface area (Å²) in [4.78, 5) is 12.9. The van der Waals surface area contributed by atoms with Gasteiger partial charge in [-0.15, -0.1) is 0 Å². The van der Waals surface area contributed by atoms with Gasteiger partial charge in [0.1, 0.15) is 30.5 Å². The van der Waals surface area contributed by atoms with Gasteiger partial charge in [-0.2, -0.15) is 0 Å². The zero-order chi connectivity index (χ0) is 18.3. The van der Waals surface area contributed by atoms with Crippen LogP contribution in [0.5, 0.6) is 17.4 Å². The van der Waals surface area contributed by atoms with Crippen molar-refractivity contribution >= 4 is 0 Å². The zero-order valence-electron chi connectivity index (χ0n) is 14.9. The Bertz CT molecular complexity index is 968. The van der Waals surface area contributed by atoms with Crippen molar-refractivity contribution in [1.82, 2.24) is 15.0 Å². The summed E-state index contributed by atoms with van der Waals surface area (Å²) in [5.74, 6) is 1.64. The Morgan fingerprint density at radius 1 is 1.08 bits per heavy atom. The van der Waals surface area contributed by atoms with Gasteiger partial charge in [0.15, 0.2) is 0 Å². The molecule has 0 saturated carbocycles. The summed E-state index contributed by atoms with van der Waals surface area (Å²) < 4.78 is 11.4. The molecule has 1 aromatic carbocycles. The lowest BCUT2D eigenvalue weighted by atomic mass is 9.98. The molecule has 1 unspecified atom stereocenters. The average Bonchev–Trinajstić information content (AvgIpc) is 2.99. The molecule has 26 heavy (non-hydrogen) atoms. The summed E-state index contributed by atoms with van der Waals surface area (Å²) in [5, 5.41) is 10.1. The number of aromatic nitrogens is 3. The Balaban J connectivity index is 1.69. The van der Waals surface area contributed by atoms with E-state index in [1.165, 1.54) is 0 Å². The summed E-state index contributed by atoms with van der Waals surface area (Å²) in [6.07, 6.45) is 2.47. The molecule has 1 aliphatic rings. The van der Waals surface area contributed by atoms with E-state index in [1.54, 1.807) is 18.6 Å². The molecule has 6 nitrogen and oxygen atoms in total. The van der Waals surface area contributed by atoms with Crippen LogP contribution in [0.4, 0.5) is 0 Å². The van der Waals surface area contributed by atoms with Crippen LogP contribution < -0.4 is 9.47 Å². The van der Waals surface area contributed by atoms with E-state index in [2.05, 4.69) is 15.0 Å². The Kier molecular flexibility index (Phi) is 4.05. The van der Waals surface area contributed by atoms with Gasteiger partial charge in [0.2, 0.25) is 5.88 Å². The molecule has 0 aliphatic carbocycles. The molecule has 1 N–H and O–H groups in total. The Morgan fingerprint density at radius 2 is 1.85 bits per heavy atom. The van der Waals surface area contributed by atoms with Gasteiger partial charge in [-0.3, -0.25) is 0 Å². The van der Waals surface area contributed by atoms with Crippen LogP contribution in [-0.4, -0.2) is 26.7 Å². The lowest BCUT2D eigenvalue weighted by Gasteiger charge is -2.14. The number of fused-ring (bicyclic) bond motifs is 1. The van der Waals surface area contributed by atoms with E-state index >= 15 is 0 Å². The van der Waals surface area contributed by atoms with Gasteiger partial charge in [-0.1, -0.05) is 6.07 Å². The van der Waals surface area contributed by atoms with Crippen molar-refractivity contribution in [2.45, 2.75) is 26.9 Å². The second-order valence-corrected chi connectivity index (χ2v) is 6.35. The van der Waals surface area contributed by atoms with Crippen LogP contribution in [0, 0.1) is 20.8 Å². The van der Waals surface area contributed by atoms with E-state index < -0.39 is 6.10 Å². The highest BCUT2D eigenvalue weighted by molar-refractivity contribution is 5.72. The third-order valence-corrected chi connectivity index (χ3v) is 4.55. The largest absolute Gasteiger partial charge is 0.490 e. The van der Waals surface area contributed by atoms with Crippen molar-refractivity contribution < 1.29 is 14.6 Å². The summed E-state index contributed by atoms with van der Waals surface area (Å²) in [6.45, 7) is 6.20. The van der Waals surface area contributed by atoms with Gasteiger partial charge in [-0.05, 0) is 50.1 Å². The highest BCUT2D eigenvalue weighted by atomic mass is 16.5. The fraction of sp³-hybridized carbons (Fsp3) is 0.250. The molecule has 0 fully saturated rings. The molecule has 0 saturated heterocycles. The average molecular weight is 349 g/mol. The molecule has 0 spiro atoms. The topological polar surface area (TPSA) is 77.4 Å². The maximum atomic E-state index is 10.1. The predicted octanol–water partition coefficient (Wildman–Crippen LogP) is 3.68. The van der Waals surface area contributed by atoms with Crippen LogP contribution in [0.1, 0.15) is 28.6 Å². The molecule has 0 radical (unpaired) electrons. The van der Waals surface area contributed by atoms with Crippen LogP contribution in [0.15, 0.2) is 36.8 Å². The zero-order valence-corrected chi connectivity index (χ0v) is 14.9. The first-order valence-corrected chi connectivity index (χ1v) is 8.41. The summed E-state index contributed by atoms with van der Waals surface area (Å²) in [5.41, 5.74) is 5.64. The standard InChI is InChI=1S/C20H19N3O3/c1-11-8-14(4-5-15(11)18-12(2)22-10-23-13(18)3)26-20-19-16(24)9-25-17(19)6-7-21-20/h4-8,10,16,24H,9H2,1-3H3. The van der Waals surface area contributed by atoms with E-state index in [4.69, 9.17) is 9.47 Å². The van der Waals surface area contributed by atoms with Crippen molar-refractivity contribution in [3.63, 3.8) is 0 Å². The van der Waals surface area contributed by atoms with Crippen LogP contribution in [0.2, 0.25) is 0 Å². The quantitative estimate of drug-likeness (QED) is 0.777. The number of nitrogens with zero attached hydrogens (tertiary/aromatic N) is 3. The van der Waals surface area contributed by atoms with Crippen molar-refractivity contribution in [3.05, 3.63) is 59.3 Å². The third-order valence-electron chi connectivity index (χ3n) is 4.55. The van der Waals surface area contributed by atoms with Gasteiger partial charge in [0.05, 0.1) is 5.56 Å². The van der Waals surface area contributed by atoms with Crippen LogP contribution >= 0.6 is 0 Å². The van der Waals surface area contributed by atoms with Gasteiger partial charge in [0, 0.05) is 23.1 Å².